The fraction of sp³-hybridized carbons (Fsp3) is 0.600. The Hall–Kier alpha value is -0.970. The lowest BCUT2D eigenvalue weighted by Gasteiger charge is -2.18. The molecule has 4 nitrogen and oxygen atoms in total. The average Bonchev–Trinajstić information content (AvgIpc) is 2.89. The molecule has 0 amide bonds. The molecule has 0 aromatic heterocycles. The van der Waals surface area contributed by atoms with Crippen LogP contribution in [0.5, 0.6) is 11.5 Å². The smallest absolute Gasteiger partial charge is 0.164 e. The van der Waals surface area contributed by atoms with Gasteiger partial charge in [-0.15, -0.1) is 0 Å². The largest absolute Gasteiger partial charge is 0.493 e. The number of rotatable bonds is 6. The highest BCUT2D eigenvalue weighted by Gasteiger charge is 2.19. The summed E-state index contributed by atoms with van der Waals surface area (Å²) >= 11 is 6.12. The summed E-state index contributed by atoms with van der Waals surface area (Å²) in [5.74, 6) is 1.85. The second-order valence-electron chi connectivity index (χ2n) is 5.32. The zero-order chi connectivity index (χ0) is 14.5. The van der Waals surface area contributed by atoms with E-state index in [1.165, 1.54) is 0 Å². The van der Waals surface area contributed by atoms with Gasteiger partial charge >= 0.3 is 0 Å². The van der Waals surface area contributed by atoms with Crippen molar-refractivity contribution >= 4 is 11.6 Å². The SMILES string of the molecule is COc1cc(Cl)cc(CC(C)N)c1OCC1CCOC1. The van der Waals surface area contributed by atoms with Crippen molar-refractivity contribution in [3.05, 3.63) is 22.7 Å². The van der Waals surface area contributed by atoms with Crippen molar-refractivity contribution < 1.29 is 14.2 Å². The summed E-state index contributed by atoms with van der Waals surface area (Å²) in [6, 6.07) is 3.70. The number of benzene rings is 1. The number of halogens is 1. The van der Waals surface area contributed by atoms with Gasteiger partial charge in [-0.2, -0.15) is 0 Å². The fourth-order valence-corrected chi connectivity index (χ4v) is 2.58. The van der Waals surface area contributed by atoms with E-state index in [1.807, 2.05) is 13.0 Å². The lowest BCUT2D eigenvalue weighted by Crippen LogP contribution is -2.19. The maximum absolute atomic E-state index is 6.12. The first-order valence-corrected chi connectivity index (χ1v) is 7.30. The summed E-state index contributed by atoms with van der Waals surface area (Å²) < 4.78 is 16.7. The molecule has 1 saturated heterocycles. The lowest BCUT2D eigenvalue weighted by atomic mass is 10.1. The Bertz CT molecular complexity index is 445. The molecule has 0 saturated carbocycles. The predicted molar refractivity (Wildman–Crippen MR) is 79.8 cm³/mol. The minimum absolute atomic E-state index is 0.0373. The van der Waals surface area contributed by atoms with Crippen molar-refractivity contribution in [2.24, 2.45) is 11.7 Å². The van der Waals surface area contributed by atoms with Crippen LogP contribution in [0, 0.1) is 5.92 Å². The summed E-state index contributed by atoms with van der Waals surface area (Å²) in [4.78, 5) is 0. The first-order valence-electron chi connectivity index (χ1n) is 6.92. The molecule has 0 spiro atoms. The molecule has 1 aromatic rings. The van der Waals surface area contributed by atoms with Crippen molar-refractivity contribution in [1.82, 2.24) is 0 Å². The van der Waals surface area contributed by atoms with E-state index in [1.54, 1.807) is 13.2 Å². The van der Waals surface area contributed by atoms with Gasteiger partial charge in [0.15, 0.2) is 11.5 Å². The van der Waals surface area contributed by atoms with Crippen LogP contribution in [0.3, 0.4) is 0 Å². The highest BCUT2D eigenvalue weighted by Crippen LogP contribution is 2.36. The monoisotopic (exact) mass is 299 g/mol. The third kappa shape index (κ3) is 4.01. The number of hydrogen-bond donors (Lipinski definition) is 1. The average molecular weight is 300 g/mol. The molecule has 0 bridgehead atoms. The number of nitrogens with two attached hydrogens (primary N) is 1. The Morgan fingerprint density at radius 3 is 2.90 bits per heavy atom. The van der Waals surface area contributed by atoms with Crippen LogP contribution in [0.15, 0.2) is 12.1 Å². The Labute approximate surface area is 125 Å². The maximum Gasteiger partial charge on any atom is 0.164 e. The van der Waals surface area contributed by atoms with Gasteiger partial charge in [0.1, 0.15) is 0 Å². The molecule has 1 heterocycles. The van der Waals surface area contributed by atoms with Gasteiger partial charge < -0.3 is 19.9 Å². The van der Waals surface area contributed by atoms with Crippen molar-refractivity contribution in [3.63, 3.8) is 0 Å². The van der Waals surface area contributed by atoms with Crippen LogP contribution in [-0.2, 0) is 11.2 Å². The molecular weight excluding hydrogens is 278 g/mol. The first-order chi connectivity index (χ1) is 9.60. The van der Waals surface area contributed by atoms with Gasteiger partial charge in [0, 0.05) is 35.2 Å². The normalized spacial score (nSPS) is 19.9. The van der Waals surface area contributed by atoms with E-state index in [4.69, 9.17) is 31.5 Å². The van der Waals surface area contributed by atoms with E-state index in [-0.39, 0.29) is 6.04 Å². The third-order valence-electron chi connectivity index (χ3n) is 3.35. The quantitative estimate of drug-likeness (QED) is 0.877. The van der Waals surface area contributed by atoms with E-state index in [9.17, 15) is 0 Å². The lowest BCUT2D eigenvalue weighted by molar-refractivity contribution is 0.165. The first kappa shape index (κ1) is 15.4. The summed E-state index contributed by atoms with van der Waals surface area (Å²) in [5.41, 5.74) is 6.88. The molecule has 0 aliphatic carbocycles. The second kappa shape index (κ2) is 7.16. The molecule has 2 rings (SSSR count). The molecule has 1 fully saturated rings. The van der Waals surface area contributed by atoms with Gasteiger partial charge in [0.05, 0.1) is 20.3 Å². The Morgan fingerprint density at radius 1 is 1.50 bits per heavy atom. The molecule has 1 aromatic carbocycles. The third-order valence-corrected chi connectivity index (χ3v) is 3.56. The van der Waals surface area contributed by atoms with Crippen LogP contribution in [0.4, 0.5) is 0 Å². The van der Waals surface area contributed by atoms with Gasteiger partial charge in [-0.1, -0.05) is 11.6 Å². The molecule has 112 valence electrons. The molecule has 2 N–H and O–H groups in total. The van der Waals surface area contributed by atoms with Crippen LogP contribution < -0.4 is 15.2 Å². The Morgan fingerprint density at radius 2 is 2.30 bits per heavy atom. The topological polar surface area (TPSA) is 53.7 Å². The van der Waals surface area contributed by atoms with E-state index in [2.05, 4.69) is 0 Å². The van der Waals surface area contributed by atoms with Crippen molar-refractivity contribution in [3.8, 4) is 11.5 Å². The number of hydrogen-bond acceptors (Lipinski definition) is 4. The highest BCUT2D eigenvalue weighted by atomic mass is 35.5. The molecule has 0 radical (unpaired) electrons. The van der Waals surface area contributed by atoms with Crippen LogP contribution in [0.1, 0.15) is 18.9 Å². The van der Waals surface area contributed by atoms with Gasteiger partial charge in [-0.25, -0.2) is 0 Å². The molecule has 1 aliphatic heterocycles. The molecule has 20 heavy (non-hydrogen) atoms. The van der Waals surface area contributed by atoms with E-state index in [0.29, 0.717) is 29.7 Å². The van der Waals surface area contributed by atoms with Crippen molar-refractivity contribution in [2.75, 3.05) is 26.9 Å². The fourth-order valence-electron chi connectivity index (χ4n) is 2.35. The van der Waals surface area contributed by atoms with Crippen LogP contribution in [0.25, 0.3) is 0 Å². The van der Waals surface area contributed by atoms with Gasteiger partial charge in [-0.3, -0.25) is 0 Å². The minimum Gasteiger partial charge on any atom is -0.493 e. The molecule has 5 heteroatoms. The summed E-state index contributed by atoms with van der Waals surface area (Å²) in [6.07, 6.45) is 1.74. The van der Waals surface area contributed by atoms with Crippen molar-refractivity contribution in [2.45, 2.75) is 25.8 Å². The van der Waals surface area contributed by atoms with Crippen LogP contribution in [0.2, 0.25) is 5.02 Å². The maximum atomic E-state index is 6.12. The molecular formula is C15H22ClNO3. The number of methoxy groups -OCH3 is 1. The summed E-state index contributed by atoms with van der Waals surface area (Å²) in [7, 11) is 1.62. The minimum atomic E-state index is 0.0373. The van der Waals surface area contributed by atoms with Gasteiger partial charge in [0.2, 0.25) is 0 Å². The summed E-state index contributed by atoms with van der Waals surface area (Å²) in [6.45, 7) is 4.17. The summed E-state index contributed by atoms with van der Waals surface area (Å²) in [5, 5.41) is 0.633. The van der Waals surface area contributed by atoms with E-state index >= 15 is 0 Å². The van der Waals surface area contributed by atoms with Crippen LogP contribution >= 0.6 is 11.6 Å². The zero-order valence-electron chi connectivity index (χ0n) is 12.0. The molecule has 1 aliphatic rings. The van der Waals surface area contributed by atoms with Crippen molar-refractivity contribution in [1.29, 1.82) is 0 Å². The van der Waals surface area contributed by atoms with Crippen LogP contribution in [-0.4, -0.2) is 33.0 Å². The van der Waals surface area contributed by atoms with Gasteiger partial charge in [-0.05, 0) is 25.8 Å². The predicted octanol–water partition coefficient (Wildman–Crippen LogP) is 2.65. The van der Waals surface area contributed by atoms with Gasteiger partial charge in [0.25, 0.3) is 0 Å². The molecule has 2 atom stereocenters. The second-order valence-corrected chi connectivity index (χ2v) is 5.75. The highest BCUT2D eigenvalue weighted by molar-refractivity contribution is 6.30. The van der Waals surface area contributed by atoms with E-state index in [0.717, 1.165) is 30.9 Å². The molecule has 2 unspecified atom stereocenters. The number of ether oxygens (including phenoxy) is 3. The Kier molecular flexibility index (Phi) is 5.52. The Balaban J connectivity index is 2.17. The standard InChI is InChI=1S/C15H22ClNO3/c1-10(17)5-12-6-13(16)7-14(18-2)15(12)20-9-11-3-4-19-8-11/h6-7,10-11H,3-5,8-9,17H2,1-2H3. The zero-order valence-corrected chi connectivity index (χ0v) is 12.8. The van der Waals surface area contributed by atoms with E-state index < -0.39 is 0 Å².